The van der Waals surface area contributed by atoms with Gasteiger partial charge in [-0.3, -0.25) is 9.59 Å². The molecule has 1 heterocycles. The largest absolute Gasteiger partial charge is 0.339 e. The van der Waals surface area contributed by atoms with Crippen LogP contribution in [0.2, 0.25) is 0 Å². The molecule has 1 aliphatic heterocycles. The van der Waals surface area contributed by atoms with Crippen LogP contribution >= 0.6 is 0 Å². The standard InChI is InChI=1S/C26H18N2O2/c29-24(17-9-3-1-4-10-17)23(25(30)18-11-5-2-6-12-18)26-27-21-15-19-13-7-8-14-20(19)16-22(21)28-26/h1-16,27-28H. The normalized spacial score (nSPS) is 12.1. The third-order valence-corrected chi connectivity index (χ3v) is 5.18. The van der Waals surface area contributed by atoms with Crippen molar-refractivity contribution in [1.29, 1.82) is 0 Å². The maximum atomic E-state index is 13.4. The Labute approximate surface area is 173 Å². The highest BCUT2D eigenvalue weighted by molar-refractivity contribution is 6.32. The van der Waals surface area contributed by atoms with Gasteiger partial charge in [0.2, 0.25) is 11.6 Å². The van der Waals surface area contributed by atoms with Gasteiger partial charge in [-0.15, -0.1) is 0 Å². The average molecular weight is 390 g/mol. The van der Waals surface area contributed by atoms with Crippen molar-refractivity contribution in [2.75, 3.05) is 10.6 Å². The third-order valence-electron chi connectivity index (χ3n) is 5.18. The van der Waals surface area contributed by atoms with Gasteiger partial charge in [0, 0.05) is 11.1 Å². The highest BCUT2D eigenvalue weighted by atomic mass is 16.1. The minimum atomic E-state index is -0.322. The number of Topliss-reactive ketones (excluding diaryl/α,β-unsaturated/α-hetero) is 2. The third kappa shape index (κ3) is 3.14. The Bertz CT molecular complexity index is 1210. The van der Waals surface area contributed by atoms with Gasteiger partial charge in [-0.05, 0) is 22.9 Å². The molecule has 4 aromatic carbocycles. The van der Waals surface area contributed by atoms with Crippen LogP contribution in [0.1, 0.15) is 20.7 Å². The average Bonchev–Trinajstić information content (AvgIpc) is 3.20. The molecule has 0 aromatic heterocycles. The van der Waals surface area contributed by atoms with E-state index in [0.29, 0.717) is 16.9 Å². The van der Waals surface area contributed by atoms with Crippen LogP contribution in [-0.2, 0) is 0 Å². The van der Waals surface area contributed by atoms with E-state index in [-0.39, 0.29) is 17.1 Å². The lowest BCUT2D eigenvalue weighted by atomic mass is 9.95. The number of rotatable bonds is 4. The Morgan fingerprint density at radius 3 is 1.37 bits per heavy atom. The van der Waals surface area contributed by atoms with Gasteiger partial charge in [0.25, 0.3) is 0 Å². The number of carbonyl (C=O) groups excluding carboxylic acids is 2. The lowest BCUT2D eigenvalue weighted by Crippen LogP contribution is -2.20. The van der Waals surface area contributed by atoms with E-state index in [9.17, 15) is 9.59 Å². The van der Waals surface area contributed by atoms with Crippen molar-refractivity contribution in [1.82, 2.24) is 0 Å². The van der Waals surface area contributed by atoms with E-state index in [2.05, 4.69) is 10.6 Å². The van der Waals surface area contributed by atoms with Crippen LogP contribution in [-0.4, -0.2) is 11.6 Å². The molecule has 0 unspecified atom stereocenters. The number of anilines is 2. The summed E-state index contributed by atoms with van der Waals surface area (Å²) in [7, 11) is 0. The summed E-state index contributed by atoms with van der Waals surface area (Å²) >= 11 is 0. The molecule has 5 rings (SSSR count). The molecular formula is C26H18N2O2. The molecule has 0 saturated heterocycles. The molecular weight excluding hydrogens is 372 g/mol. The van der Waals surface area contributed by atoms with Gasteiger partial charge in [-0.25, -0.2) is 0 Å². The molecule has 0 fully saturated rings. The molecule has 0 aliphatic carbocycles. The van der Waals surface area contributed by atoms with E-state index >= 15 is 0 Å². The Hall–Kier alpha value is -4.18. The Morgan fingerprint density at radius 2 is 0.933 bits per heavy atom. The number of carbonyl (C=O) groups is 2. The minimum Gasteiger partial charge on any atom is -0.339 e. The van der Waals surface area contributed by atoms with Crippen LogP contribution < -0.4 is 10.6 Å². The van der Waals surface area contributed by atoms with Crippen molar-refractivity contribution in [3.05, 3.63) is 120 Å². The lowest BCUT2D eigenvalue weighted by Gasteiger charge is -2.11. The molecule has 0 radical (unpaired) electrons. The van der Waals surface area contributed by atoms with Crippen molar-refractivity contribution in [2.45, 2.75) is 0 Å². The first-order valence-electron chi connectivity index (χ1n) is 9.71. The highest BCUT2D eigenvalue weighted by Gasteiger charge is 2.29. The smallest absolute Gasteiger partial charge is 0.200 e. The second-order valence-electron chi connectivity index (χ2n) is 7.14. The minimum absolute atomic E-state index is 0.0904. The molecule has 4 heteroatoms. The van der Waals surface area contributed by atoms with Gasteiger partial charge in [0.15, 0.2) is 0 Å². The second-order valence-corrected chi connectivity index (χ2v) is 7.14. The molecule has 1 aliphatic rings. The van der Waals surface area contributed by atoms with E-state index in [4.69, 9.17) is 0 Å². The van der Waals surface area contributed by atoms with Gasteiger partial charge >= 0.3 is 0 Å². The van der Waals surface area contributed by atoms with E-state index in [1.54, 1.807) is 48.5 Å². The predicted octanol–water partition coefficient (Wildman–Crippen LogP) is 5.65. The van der Waals surface area contributed by atoms with Crippen molar-refractivity contribution in [3.63, 3.8) is 0 Å². The fourth-order valence-corrected chi connectivity index (χ4v) is 3.67. The summed E-state index contributed by atoms with van der Waals surface area (Å²) in [4.78, 5) is 26.7. The SMILES string of the molecule is O=C(C(C(=O)c1ccccc1)=C1Nc2cc3ccccc3cc2N1)c1ccccc1. The molecule has 0 amide bonds. The van der Waals surface area contributed by atoms with Gasteiger partial charge in [-0.1, -0.05) is 84.9 Å². The van der Waals surface area contributed by atoms with Gasteiger partial charge < -0.3 is 10.6 Å². The Morgan fingerprint density at radius 1 is 0.533 bits per heavy atom. The Kier molecular flexibility index (Phi) is 4.37. The topological polar surface area (TPSA) is 58.2 Å². The fraction of sp³-hybridized carbons (Fsp3) is 0. The molecule has 0 atom stereocenters. The highest BCUT2D eigenvalue weighted by Crippen LogP contribution is 2.36. The molecule has 4 aromatic rings. The van der Waals surface area contributed by atoms with Crippen molar-refractivity contribution in [2.24, 2.45) is 0 Å². The van der Waals surface area contributed by atoms with E-state index < -0.39 is 0 Å². The van der Waals surface area contributed by atoms with Crippen LogP contribution in [0, 0.1) is 0 Å². The summed E-state index contributed by atoms with van der Waals surface area (Å²) in [6, 6.07) is 29.8. The molecule has 30 heavy (non-hydrogen) atoms. The number of fused-ring (bicyclic) bond motifs is 2. The van der Waals surface area contributed by atoms with Crippen LogP contribution in [0.4, 0.5) is 11.4 Å². The van der Waals surface area contributed by atoms with Crippen molar-refractivity contribution >= 4 is 33.7 Å². The van der Waals surface area contributed by atoms with Crippen molar-refractivity contribution in [3.8, 4) is 0 Å². The zero-order valence-electron chi connectivity index (χ0n) is 16.1. The lowest BCUT2D eigenvalue weighted by molar-refractivity contribution is 0.0961. The number of nitrogens with one attached hydrogen (secondary N) is 2. The number of allylic oxidation sites excluding steroid dienone is 1. The molecule has 2 N–H and O–H groups in total. The summed E-state index contributed by atoms with van der Waals surface area (Å²) in [5.74, 6) is -0.239. The van der Waals surface area contributed by atoms with E-state index in [1.807, 2.05) is 48.5 Å². The maximum absolute atomic E-state index is 13.4. The number of hydrogen-bond acceptors (Lipinski definition) is 4. The summed E-state index contributed by atoms with van der Waals surface area (Å²) in [6.07, 6.45) is 0. The van der Waals surface area contributed by atoms with Gasteiger partial charge in [0.05, 0.1) is 11.4 Å². The predicted molar refractivity (Wildman–Crippen MR) is 120 cm³/mol. The first kappa shape index (κ1) is 17.9. The van der Waals surface area contributed by atoms with Crippen LogP contribution in [0.5, 0.6) is 0 Å². The molecule has 0 bridgehead atoms. The van der Waals surface area contributed by atoms with Crippen molar-refractivity contribution < 1.29 is 9.59 Å². The summed E-state index contributed by atoms with van der Waals surface area (Å²) in [6.45, 7) is 0. The first-order chi connectivity index (χ1) is 14.7. The van der Waals surface area contributed by atoms with E-state index in [0.717, 1.165) is 22.1 Å². The van der Waals surface area contributed by atoms with Crippen LogP contribution in [0.15, 0.2) is 108 Å². The quantitative estimate of drug-likeness (QED) is 0.204. The number of hydrogen-bond donors (Lipinski definition) is 2. The van der Waals surface area contributed by atoms with Crippen LogP contribution in [0.3, 0.4) is 0 Å². The summed E-state index contributed by atoms with van der Waals surface area (Å²) in [5.41, 5.74) is 2.70. The number of benzene rings is 4. The van der Waals surface area contributed by atoms with Gasteiger partial charge in [0.1, 0.15) is 11.4 Å². The molecule has 4 nitrogen and oxygen atoms in total. The molecule has 144 valence electrons. The first-order valence-corrected chi connectivity index (χ1v) is 9.71. The van der Waals surface area contributed by atoms with E-state index in [1.165, 1.54) is 0 Å². The molecule has 0 saturated carbocycles. The fourth-order valence-electron chi connectivity index (χ4n) is 3.67. The summed E-state index contributed by atoms with van der Waals surface area (Å²) in [5, 5.41) is 8.67. The zero-order valence-corrected chi connectivity index (χ0v) is 16.1. The van der Waals surface area contributed by atoms with Gasteiger partial charge in [-0.2, -0.15) is 0 Å². The maximum Gasteiger partial charge on any atom is 0.200 e. The molecule has 0 spiro atoms. The summed E-state index contributed by atoms with van der Waals surface area (Å²) < 4.78 is 0. The Balaban J connectivity index is 1.64. The number of ketones is 2. The second kappa shape index (κ2) is 7.33. The van der Waals surface area contributed by atoms with Crippen LogP contribution in [0.25, 0.3) is 10.8 Å². The monoisotopic (exact) mass is 390 g/mol. The zero-order chi connectivity index (χ0) is 20.5.